The first-order valence-electron chi connectivity index (χ1n) is 3.71. The number of rotatable bonds is 2. The number of hydrogen-bond acceptors (Lipinski definition) is 3. The Bertz CT molecular complexity index is 354. The van der Waals surface area contributed by atoms with Crippen LogP contribution in [0, 0.1) is 5.41 Å². The van der Waals surface area contributed by atoms with Crippen molar-refractivity contribution in [3.8, 4) is 0 Å². The Balaban J connectivity index is 3.22. The second kappa shape index (κ2) is 3.21. The Morgan fingerprint density at radius 2 is 2.33 bits per heavy atom. The summed E-state index contributed by atoms with van der Waals surface area (Å²) in [5, 5.41) is 7.47. The maximum Gasteiger partial charge on any atom is 0.248 e. The van der Waals surface area contributed by atoms with Gasteiger partial charge in [-0.15, -0.1) is 0 Å². The van der Waals surface area contributed by atoms with E-state index in [9.17, 15) is 4.79 Å². The van der Waals surface area contributed by atoms with Crippen LogP contribution in [0.3, 0.4) is 0 Å². The first-order chi connectivity index (χ1) is 5.65. The van der Waals surface area contributed by atoms with Gasteiger partial charge in [-0.1, -0.05) is 6.92 Å². The third kappa shape index (κ3) is 1.53. The molecule has 0 aliphatic heterocycles. The minimum Gasteiger partial charge on any atom is -0.397 e. The number of H-pyrrole nitrogens is 1. The monoisotopic (exact) mass is 165 g/mol. The van der Waals surface area contributed by atoms with Crippen molar-refractivity contribution in [2.24, 2.45) is 0 Å². The molecule has 64 valence electrons. The van der Waals surface area contributed by atoms with Gasteiger partial charge in [0.25, 0.3) is 0 Å². The van der Waals surface area contributed by atoms with Crippen molar-refractivity contribution >= 4 is 11.4 Å². The molecule has 1 aromatic rings. The summed E-state index contributed by atoms with van der Waals surface area (Å²) in [6.45, 7) is 1.84. The van der Waals surface area contributed by atoms with Gasteiger partial charge in [-0.05, 0) is 12.5 Å². The van der Waals surface area contributed by atoms with Crippen molar-refractivity contribution in [1.82, 2.24) is 4.98 Å². The van der Waals surface area contributed by atoms with Crippen molar-refractivity contribution in [1.29, 1.82) is 5.41 Å². The summed E-state index contributed by atoms with van der Waals surface area (Å²) in [4.78, 5) is 13.4. The Labute approximate surface area is 69.9 Å². The number of nitrogen functional groups attached to an aromatic ring is 1. The molecule has 0 fully saturated rings. The van der Waals surface area contributed by atoms with E-state index in [-0.39, 0.29) is 5.56 Å². The average Bonchev–Trinajstić information content (AvgIpc) is 2.08. The standard InChI is InChI=1S/C8H11N3O/c1-2-5(9)8-6(10)3-4-7(12)11-8/h3-4,9H,2,10H2,1H3,(H,11,12). The van der Waals surface area contributed by atoms with E-state index < -0.39 is 0 Å². The van der Waals surface area contributed by atoms with E-state index in [0.29, 0.717) is 23.5 Å². The lowest BCUT2D eigenvalue weighted by Crippen LogP contribution is -2.13. The zero-order chi connectivity index (χ0) is 9.14. The summed E-state index contributed by atoms with van der Waals surface area (Å²) in [6.07, 6.45) is 0.560. The van der Waals surface area contributed by atoms with Gasteiger partial charge in [0.2, 0.25) is 5.56 Å². The molecule has 0 bridgehead atoms. The second-order valence-corrected chi connectivity index (χ2v) is 2.49. The Kier molecular flexibility index (Phi) is 2.28. The van der Waals surface area contributed by atoms with Crippen LogP contribution in [0.2, 0.25) is 0 Å². The minimum atomic E-state index is -0.225. The summed E-state index contributed by atoms with van der Waals surface area (Å²) in [5.41, 5.74) is 6.56. The molecule has 0 unspecified atom stereocenters. The van der Waals surface area contributed by atoms with Crippen LogP contribution in [0.25, 0.3) is 0 Å². The third-order valence-electron chi connectivity index (χ3n) is 1.61. The molecule has 0 atom stereocenters. The molecule has 1 aromatic heterocycles. The summed E-state index contributed by atoms with van der Waals surface area (Å²) < 4.78 is 0. The molecular weight excluding hydrogens is 154 g/mol. The normalized spacial score (nSPS) is 9.75. The van der Waals surface area contributed by atoms with Crippen LogP contribution in [-0.2, 0) is 0 Å². The summed E-state index contributed by atoms with van der Waals surface area (Å²) in [5.74, 6) is 0. The molecule has 4 heteroatoms. The van der Waals surface area contributed by atoms with Crippen LogP contribution in [0.4, 0.5) is 5.69 Å². The minimum absolute atomic E-state index is 0.225. The van der Waals surface area contributed by atoms with Gasteiger partial charge in [-0.3, -0.25) is 4.79 Å². The van der Waals surface area contributed by atoms with Gasteiger partial charge in [0.05, 0.1) is 17.1 Å². The van der Waals surface area contributed by atoms with Crippen molar-refractivity contribution in [2.75, 3.05) is 5.73 Å². The number of aromatic amines is 1. The zero-order valence-electron chi connectivity index (χ0n) is 6.85. The predicted molar refractivity (Wildman–Crippen MR) is 48.6 cm³/mol. The van der Waals surface area contributed by atoms with Crippen molar-refractivity contribution in [2.45, 2.75) is 13.3 Å². The molecule has 0 aromatic carbocycles. The average molecular weight is 165 g/mol. The Morgan fingerprint density at radius 1 is 1.67 bits per heavy atom. The lowest BCUT2D eigenvalue weighted by molar-refractivity contribution is 1.16. The number of anilines is 1. The fourth-order valence-corrected chi connectivity index (χ4v) is 0.912. The predicted octanol–water partition coefficient (Wildman–Crippen LogP) is 0.735. The van der Waals surface area contributed by atoms with Gasteiger partial charge in [0.1, 0.15) is 0 Å². The van der Waals surface area contributed by atoms with Gasteiger partial charge in [0, 0.05) is 6.07 Å². The molecule has 0 radical (unpaired) electrons. The molecule has 0 spiro atoms. The third-order valence-corrected chi connectivity index (χ3v) is 1.61. The number of nitrogens with one attached hydrogen (secondary N) is 2. The maximum atomic E-state index is 10.9. The highest BCUT2D eigenvalue weighted by Gasteiger charge is 2.03. The topological polar surface area (TPSA) is 82.7 Å². The highest BCUT2D eigenvalue weighted by molar-refractivity contribution is 6.00. The SMILES string of the molecule is CCC(=N)c1[nH]c(=O)ccc1N. The first-order valence-corrected chi connectivity index (χ1v) is 3.71. The largest absolute Gasteiger partial charge is 0.397 e. The smallest absolute Gasteiger partial charge is 0.248 e. The number of aromatic nitrogens is 1. The van der Waals surface area contributed by atoms with Crippen LogP contribution in [-0.4, -0.2) is 10.7 Å². The fraction of sp³-hybridized carbons (Fsp3) is 0.250. The molecule has 0 amide bonds. The lowest BCUT2D eigenvalue weighted by Gasteiger charge is -2.03. The van der Waals surface area contributed by atoms with E-state index in [1.165, 1.54) is 12.1 Å². The number of nitrogens with two attached hydrogens (primary N) is 1. The lowest BCUT2D eigenvalue weighted by atomic mass is 10.2. The summed E-state index contributed by atoms with van der Waals surface area (Å²) >= 11 is 0. The van der Waals surface area contributed by atoms with E-state index in [2.05, 4.69) is 4.98 Å². The first kappa shape index (κ1) is 8.52. The Morgan fingerprint density at radius 3 is 2.92 bits per heavy atom. The van der Waals surface area contributed by atoms with Crippen LogP contribution in [0.15, 0.2) is 16.9 Å². The molecule has 4 N–H and O–H groups in total. The van der Waals surface area contributed by atoms with E-state index in [1.807, 2.05) is 6.92 Å². The van der Waals surface area contributed by atoms with Crippen LogP contribution >= 0.6 is 0 Å². The zero-order valence-corrected chi connectivity index (χ0v) is 6.85. The quantitative estimate of drug-likeness (QED) is 0.564. The van der Waals surface area contributed by atoms with Gasteiger partial charge in [-0.2, -0.15) is 0 Å². The summed E-state index contributed by atoms with van der Waals surface area (Å²) in [6, 6.07) is 2.86. The second-order valence-electron chi connectivity index (χ2n) is 2.49. The van der Waals surface area contributed by atoms with Crippen molar-refractivity contribution in [3.05, 3.63) is 28.2 Å². The molecule has 12 heavy (non-hydrogen) atoms. The van der Waals surface area contributed by atoms with Crippen molar-refractivity contribution < 1.29 is 0 Å². The number of pyridine rings is 1. The van der Waals surface area contributed by atoms with E-state index in [4.69, 9.17) is 11.1 Å². The molecule has 0 aliphatic rings. The molecular formula is C8H11N3O. The highest BCUT2D eigenvalue weighted by atomic mass is 16.1. The molecule has 1 rings (SSSR count). The van der Waals surface area contributed by atoms with Gasteiger partial charge in [-0.25, -0.2) is 0 Å². The maximum absolute atomic E-state index is 10.9. The summed E-state index contributed by atoms with van der Waals surface area (Å²) in [7, 11) is 0. The molecule has 0 saturated carbocycles. The number of hydrogen-bond donors (Lipinski definition) is 3. The molecule has 0 aliphatic carbocycles. The Hall–Kier alpha value is -1.58. The van der Waals surface area contributed by atoms with E-state index >= 15 is 0 Å². The van der Waals surface area contributed by atoms with Gasteiger partial charge < -0.3 is 16.1 Å². The van der Waals surface area contributed by atoms with Gasteiger partial charge >= 0.3 is 0 Å². The van der Waals surface area contributed by atoms with Gasteiger partial charge in [0.15, 0.2) is 0 Å². The van der Waals surface area contributed by atoms with Crippen molar-refractivity contribution in [3.63, 3.8) is 0 Å². The molecule has 1 heterocycles. The van der Waals surface area contributed by atoms with Crippen LogP contribution < -0.4 is 11.3 Å². The van der Waals surface area contributed by atoms with Crippen LogP contribution in [0.1, 0.15) is 19.0 Å². The molecule has 0 saturated heterocycles. The molecule has 4 nitrogen and oxygen atoms in total. The van der Waals surface area contributed by atoms with Crippen LogP contribution in [0.5, 0.6) is 0 Å². The highest BCUT2D eigenvalue weighted by Crippen LogP contribution is 2.06. The van der Waals surface area contributed by atoms with E-state index in [0.717, 1.165) is 0 Å². The fourth-order valence-electron chi connectivity index (χ4n) is 0.912. The van der Waals surface area contributed by atoms with E-state index in [1.54, 1.807) is 0 Å².